The summed E-state index contributed by atoms with van der Waals surface area (Å²) in [5, 5.41) is 0. The first-order valence-electron chi connectivity index (χ1n) is 8.06. The van der Waals surface area contributed by atoms with Crippen molar-refractivity contribution >= 4 is 5.78 Å². The lowest BCUT2D eigenvalue weighted by Gasteiger charge is -2.32. The number of hydrogen-bond acceptors (Lipinski definition) is 5. The molecule has 1 saturated heterocycles. The first-order chi connectivity index (χ1) is 10.8. The fourth-order valence-corrected chi connectivity index (χ4v) is 3.09. The summed E-state index contributed by atoms with van der Waals surface area (Å²) in [4.78, 5) is 14.5. The molecule has 0 aromatic heterocycles. The van der Waals surface area contributed by atoms with E-state index in [0.29, 0.717) is 32.1 Å². The van der Waals surface area contributed by atoms with Crippen LogP contribution in [-0.2, 0) is 16.1 Å². The van der Waals surface area contributed by atoms with Crippen molar-refractivity contribution in [3.63, 3.8) is 0 Å². The largest absolute Gasteiger partial charge is 0.486 e. The Hall–Kier alpha value is -1.59. The second-order valence-electron chi connectivity index (χ2n) is 6.25. The maximum atomic E-state index is 12.2. The van der Waals surface area contributed by atoms with Crippen molar-refractivity contribution < 1.29 is 19.0 Å². The van der Waals surface area contributed by atoms with Crippen molar-refractivity contribution in [1.82, 2.24) is 4.90 Å². The molecule has 1 aromatic carbocycles. The van der Waals surface area contributed by atoms with E-state index in [4.69, 9.17) is 14.2 Å². The second kappa shape index (κ2) is 5.89. The molecule has 22 heavy (non-hydrogen) atoms. The van der Waals surface area contributed by atoms with Gasteiger partial charge in [0.25, 0.3) is 0 Å². The molecule has 1 aliphatic carbocycles. The minimum atomic E-state index is -0.238. The fraction of sp³-hybridized carbons (Fsp3) is 0.588. The number of hydrogen-bond donors (Lipinski definition) is 0. The minimum absolute atomic E-state index is 0.238. The van der Waals surface area contributed by atoms with Crippen molar-refractivity contribution in [1.29, 1.82) is 0 Å². The number of benzene rings is 1. The maximum Gasteiger partial charge on any atom is 0.165 e. The summed E-state index contributed by atoms with van der Waals surface area (Å²) in [5.74, 6) is 2.20. The SMILES string of the molecule is O=C(C1CC1)[C@@H]1CN(Cc2ccc3c(c2)OCCO3)CCO1. The van der Waals surface area contributed by atoms with Crippen LogP contribution in [0.4, 0.5) is 0 Å². The summed E-state index contributed by atoms with van der Waals surface area (Å²) in [7, 11) is 0. The van der Waals surface area contributed by atoms with Gasteiger partial charge >= 0.3 is 0 Å². The number of rotatable bonds is 4. The standard InChI is InChI=1S/C17H21NO4/c19-17(13-2-3-13)16-11-18(5-6-20-16)10-12-1-4-14-15(9-12)22-8-7-21-14/h1,4,9,13,16H,2-3,5-8,10-11H2/t16-/m0/s1. The number of carbonyl (C=O) groups excluding carboxylic acids is 1. The molecule has 0 spiro atoms. The molecule has 1 saturated carbocycles. The van der Waals surface area contributed by atoms with Crippen LogP contribution in [0.5, 0.6) is 11.5 Å². The smallest absolute Gasteiger partial charge is 0.165 e. The quantitative estimate of drug-likeness (QED) is 0.846. The predicted molar refractivity (Wildman–Crippen MR) is 80.2 cm³/mol. The van der Waals surface area contributed by atoms with Gasteiger partial charge in [-0.1, -0.05) is 6.07 Å². The zero-order valence-corrected chi connectivity index (χ0v) is 12.6. The van der Waals surface area contributed by atoms with Crippen molar-refractivity contribution in [2.45, 2.75) is 25.5 Å². The summed E-state index contributed by atoms with van der Waals surface area (Å²) in [6, 6.07) is 6.08. The Morgan fingerprint density at radius 3 is 2.77 bits per heavy atom. The number of nitrogens with zero attached hydrogens (tertiary/aromatic N) is 1. The number of ether oxygens (including phenoxy) is 3. The van der Waals surface area contributed by atoms with Crippen molar-refractivity contribution in [2.75, 3.05) is 32.9 Å². The first-order valence-corrected chi connectivity index (χ1v) is 8.06. The maximum absolute atomic E-state index is 12.2. The number of carbonyl (C=O) groups is 1. The zero-order valence-electron chi connectivity index (χ0n) is 12.6. The van der Waals surface area contributed by atoms with Crippen LogP contribution in [0.3, 0.4) is 0 Å². The molecule has 2 aliphatic heterocycles. The van der Waals surface area contributed by atoms with E-state index < -0.39 is 0 Å². The third-order valence-corrected chi connectivity index (χ3v) is 4.46. The highest BCUT2D eigenvalue weighted by atomic mass is 16.6. The topological polar surface area (TPSA) is 48.0 Å². The molecular weight excluding hydrogens is 282 g/mol. The van der Waals surface area contributed by atoms with Crippen molar-refractivity contribution in [3.8, 4) is 11.5 Å². The highest BCUT2D eigenvalue weighted by Crippen LogP contribution is 2.33. The van der Waals surface area contributed by atoms with Gasteiger partial charge in [-0.3, -0.25) is 9.69 Å². The van der Waals surface area contributed by atoms with Crippen molar-refractivity contribution in [2.24, 2.45) is 5.92 Å². The third kappa shape index (κ3) is 2.96. The Morgan fingerprint density at radius 2 is 1.95 bits per heavy atom. The van der Waals surface area contributed by atoms with Crippen LogP contribution in [0.25, 0.3) is 0 Å². The molecule has 0 radical (unpaired) electrons. The Bertz CT molecular complexity index is 570. The van der Waals surface area contributed by atoms with E-state index >= 15 is 0 Å². The molecule has 1 aromatic rings. The number of ketones is 1. The molecule has 2 fully saturated rings. The second-order valence-corrected chi connectivity index (χ2v) is 6.25. The van der Waals surface area contributed by atoms with Gasteiger partial charge in [0, 0.05) is 25.6 Å². The lowest BCUT2D eigenvalue weighted by Crippen LogP contribution is -2.46. The van der Waals surface area contributed by atoms with Gasteiger partial charge in [0.05, 0.1) is 6.61 Å². The molecule has 5 heteroatoms. The molecule has 4 rings (SSSR count). The lowest BCUT2D eigenvalue weighted by molar-refractivity contribution is -0.137. The van der Waals surface area contributed by atoms with Crippen LogP contribution in [0.15, 0.2) is 18.2 Å². The van der Waals surface area contributed by atoms with E-state index in [2.05, 4.69) is 11.0 Å². The molecule has 118 valence electrons. The van der Waals surface area contributed by atoms with Crippen LogP contribution in [-0.4, -0.2) is 49.7 Å². The van der Waals surface area contributed by atoms with Gasteiger partial charge in [-0.15, -0.1) is 0 Å². The minimum Gasteiger partial charge on any atom is -0.486 e. The van der Waals surface area contributed by atoms with E-state index in [1.54, 1.807) is 0 Å². The molecule has 0 unspecified atom stereocenters. The van der Waals surface area contributed by atoms with Crippen LogP contribution < -0.4 is 9.47 Å². The normalized spacial score (nSPS) is 25.0. The molecule has 5 nitrogen and oxygen atoms in total. The van der Waals surface area contributed by atoms with Gasteiger partial charge in [0.2, 0.25) is 0 Å². The molecular formula is C17H21NO4. The number of Topliss-reactive ketones (excluding diaryl/α,β-unsaturated/α-hetero) is 1. The van der Waals surface area contributed by atoms with E-state index in [1.807, 2.05) is 12.1 Å². The van der Waals surface area contributed by atoms with E-state index in [-0.39, 0.29) is 12.0 Å². The van der Waals surface area contributed by atoms with E-state index in [9.17, 15) is 4.79 Å². The Balaban J connectivity index is 1.40. The molecule has 3 aliphatic rings. The lowest BCUT2D eigenvalue weighted by atomic mass is 10.1. The Kier molecular flexibility index (Phi) is 3.76. The molecule has 1 atom stereocenters. The highest BCUT2D eigenvalue weighted by molar-refractivity contribution is 5.87. The predicted octanol–water partition coefficient (Wildman–Crippen LogP) is 1.64. The average molecular weight is 303 g/mol. The Morgan fingerprint density at radius 1 is 1.14 bits per heavy atom. The number of morpholine rings is 1. The van der Waals surface area contributed by atoms with Gasteiger partial charge in [-0.25, -0.2) is 0 Å². The van der Waals surface area contributed by atoms with E-state index in [0.717, 1.165) is 37.4 Å². The van der Waals surface area contributed by atoms with Crippen LogP contribution in [0, 0.1) is 5.92 Å². The van der Waals surface area contributed by atoms with E-state index in [1.165, 1.54) is 5.56 Å². The Labute approximate surface area is 130 Å². The van der Waals surface area contributed by atoms with Gasteiger partial charge in [-0.05, 0) is 30.5 Å². The third-order valence-electron chi connectivity index (χ3n) is 4.46. The van der Waals surface area contributed by atoms with Crippen LogP contribution in [0.1, 0.15) is 18.4 Å². The summed E-state index contributed by atoms with van der Waals surface area (Å²) in [6.45, 7) is 4.22. The zero-order chi connectivity index (χ0) is 14.9. The average Bonchev–Trinajstić information content (AvgIpc) is 3.39. The van der Waals surface area contributed by atoms with Gasteiger partial charge in [0.1, 0.15) is 19.3 Å². The molecule has 2 heterocycles. The van der Waals surface area contributed by atoms with Gasteiger partial charge in [-0.2, -0.15) is 0 Å². The van der Waals surface area contributed by atoms with Gasteiger partial charge in [0.15, 0.2) is 17.3 Å². The highest BCUT2D eigenvalue weighted by Gasteiger charge is 2.37. The summed E-state index contributed by atoms with van der Waals surface area (Å²) in [5.41, 5.74) is 1.18. The summed E-state index contributed by atoms with van der Waals surface area (Å²) >= 11 is 0. The molecule has 0 bridgehead atoms. The fourth-order valence-electron chi connectivity index (χ4n) is 3.09. The van der Waals surface area contributed by atoms with Crippen LogP contribution in [0.2, 0.25) is 0 Å². The van der Waals surface area contributed by atoms with Crippen molar-refractivity contribution in [3.05, 3.63) is 23.8 Å². The summed E-state index contributed by atoms with van der Waals surface area (Å²) < 4.78 is 16.8. The first kappa shape index (κ1) is 14.0. The molecule has 0 N–H and O–H groups in total. The molecule has 0 amide bonds. The summed E-state index contributed by atoms with van der Waals surface area (Å²) in [6.07, 6.45) is 1.85. The number of fused-ring (bicyclic) bond motifs is 1. The van der Waals surface area contributed by atoms with Crippen LogP contribution >= 0.6 is 0 Å². The monoisotopic (exact) mass is 303 g/mol. The van der Waals surface area contributed by atoms with Gasteiger partial charge < -0.3 is 14.2 Å².